The Kier molecular flexibility index (Phi) is 3.70. The second-order valence-corrected chi connectivity index (χ2v) is 8.83. The summed E-state index contributed by atoms with van der Waals surface area (Å²) in [5.41, 5.74) is 2.17. The van der Waals surface area contributed by atoms with Crippen molar-refractivity contribution < 1.29 is 9.18 Å². The zero-order valence-corrected chi connectivity index (χ0v) is 15.4. The average molecular weight is 364 g/mol. The van der Waals surface area contributed by atoms with Gasteiger partial charge in [0, 0.05) is 17.8 Å². The van der Waals surface area contributed by atoms with Crippen molar-refractivity contribution in [3.05, 3.63) is 66.0 Å². The number of hydrogen-bond donors (Lipinski definition) is 2. The van der Waals surface area contributed by atoms with Gasteiger partial charge in [-0.05, 0) is 67.3 Å². The maximum absolute atomic E-state index is 13.1. The summed E-state index contributed by atoms with van der Waals surface area (Å²) in [6.07, 6.45) is 6.39. The lowest BCUT2D eigenvalue weighted by atomic mass is 9.28. The van der Waals surface area contributed by atoms with Gasteiger partial charge in [0.05, 0.1) is 5.41 Å². The van der Waals surface area contributed by atoms with Gasteiger partial charge in [0.2, 0.25) is 5.91 Å². The molecule has 4 fully saturated rings. The van der Waals surface area contributed by atoms with E-state index in [9.17, 15) is 9.18 Å². The summed E-state index contributed by atoms with van der Waals surface area (Å²) in [6, 6.07) is 16.6. The number of amides is 1. The lowest BCUT2D eigenvalue weighted by molar-refractivity contribution is -0.247. The van der Waals surface area contributed by atoms with Crippen molar-refractivity contribution >= 4 is 11.6 Å². The molecule has 0 saturated heterocycles. The summed E-state index contributed by atoms with van der Waals surface area (Å²) in [6.45, 7) is 0.895. The number of nitrogens with one attached hydrogen (secondary N) is 2. The molecule has 2 N–H and O–H groups in total. The van der Waals surface area contributed by atoms with Crippen LogP contribution in [0.2, 0.25) is 0 Å². The molecule has 4 saturated carbocycles. The molecule has 2 aromatic rings. The molecule has 2 aromatic carbocycles. The van der Waals surface area contributed by atoms with Crippen LogP contribution >= 0.6 is 0 Å². The molecule has 140 valence electrons. The van der Waals surface area contributed by atoms with E-state index in [0.717, 1.165) is 45.1 Å². The Bertz CT molecular complexity index is 838. The van der Waals surface area contributed by atoms with Crippen LogP contribution in [0, 0.1) is 16.6 Å². The van der Waals surface area contributed by atoms with Gasteiger partial charge in [-0.25, -0.2) is 4.39 Å². The smallest absolute Gasteiger partial charge is 0.231 e. The van der Waals surface area contributed by atoms with E-state index >= 15 is 0 Å². The molecule has 0 atom stereocenters. The summed E-state index contributed by atoms with van der Waals surface area (Å²) >= 11 is 0. The van der Waals surface area contributed by atoms with Gasteiger partial charge in [-0.1, -0.05) is 36.8 Å². The molecule has 3 nitrogen and oxygen atoms in total. The molecule has 0 unspecified atom stereocenters. The van der Waals surface area contributed by atoms with E-state index < -0.39 is 0 Å². The van der Waals surface area contributed by atoms with Gasteiger partial charge in [-0.15, -0.1) is 0 Å². The van der Waals surface area contributed by atoms with Gasteiger partial charge in [-0.2, -0.15) is 0 Å². The van der Waals surface area contributed by atoms with Crippen molar-refractivity contribution in [3.8, 4) is 0 Å². The van der Waals surface area contributed by atoms with Gasteiger partial charge in [0.25, 0.3) is 0 Å². The van der Waals surface area contributed by atoms with Crippen LogP contribution in [0.1, 0.15) is 44.1 Å². The van der Waals surface area contributed by atoms with Gasteiger partial charge in [-0.3, -0.25) is 4.79 Å². The van der Waals surface area contributed by atoms with Crippen molar-refractivity contribution in [2.24, 2.45) is 10.8 Å². The van der Waals surface area contributed by atoms with Crippen LogP contribution in [0.4, 0.5) is 10.1 Å². The molecule has 4 heteroatoms. The highest BCUT2D eigenvalue weighted by Gasteiger charge is 2.77. The Balaban J connectivity index is 1.23. The summed E-state index contributed by atoms with van der Waals surface area (Å²) in [7, 11) is 0. The van der Waals surface area contributed by atoms with E-state index in [1.165, 1.54) is 17.7 Å². The van der Waals surface area contributed by atoms with Crippen molar-refractivity contribution in [1.82, 2.24) is 5.32 Å². The van der Waals surface area contributed by atoms with Crippen LogP contribution in [-0.4, -0.2) is 11.4 Å². The first-order valence-electron chi connectivity index (χ1n) is 9.91. The third-order valence-electron chi connectivity index (χ3n) is 7.30. The minimum Gasteiger partial charge on any atom is -0.326 e. The van der Waals surface area contributed by atoms with E-state index in [2.05, 4.69) is 34.9 Å². The van der Waals surface area contributed by atoms with E-state index in [-0.39, 0.29) is 28.1 Å². The molecule has 0 spiro atoms. The fourth-order valence-electron chi connectivity index (χ4n) is 5.68. The monoisotopic (exact) mass is 364 g/mol. The van der Waals surface area contributed by atoms with Crippen molar-refractivity contribution in [2.75, 3.05) is 5.32 Å². The number of halogens is 1. The standard InChI is InChI=1S/C23H25FN2O/c24-18-7-9-19(10-8-18)26-20(27)23(11-4-12-23)21-14-22(15-21,16-21)25-13-17-5-2-1-3-6-17/h1-3,5-10,25H,4,11-16H2,(H,26,27). The van der Waals surface area contributed by atoms with Gasteiger partial charge in [0.15, 0.2) is 0 Å². The van der Waals surface area contributed by atoms with Crippen LogP contribution in [-0.2, 0) is 11.3 Å². The third-order valence-corrected chi connectivity index (χ3v) is 7.30. The SMILES string of the molecule is O=C(Nc1ccc(F)cc1)C1(C23CC(NCc4ccccc4)(C2)C3)CCC1. The lowest BCUT2D eigenvalue weighted by Crippen LogP contribution is -2.80. The number of anilines is 1. The highest BCUT2D eigenvalue weighted by atomic mass is 19.1. The maximum Gasteiger partial charge on any atom is 0.231 e. The molecule has 0 aliphatic heterocycles. The van der Waals surface area contributed by atoms with Gasteiger partial charge in [0.1, 0.15) is 5.82 Å². The highest BCUT2D eigenvalue weighted by Crippen LogP contribution is 2.78. The first-order chi connectivity index (χ1) is 13.0. The molecule has 0 radical (unpaired) electrons. The molecule has 0 aromatic heterocycles. The summed E-state index contributed by atoms with van der Waals surface area (Å²) in [5.74, 6) is -0.145. The summed E-state index contributed by atoms with van der Waals surface area (Å²) in [5, 5.41) is 6.80. The van der Waals surface area contributed by atoms with Crippen LogP contribution in [0.3, 0.4) is 0 Å². The van der Waals surface area contributed by atoms with Gasteiger partial charge < -0.3 is 10.6 Å². The van der Waals surface area contributed by atoms with E-state index in [4.69, 9.17) is 0 Å². The summed E-state index contributed by atoms with van der Waals surface area (Å²) in [4.78, 5) is 13.1. The Morgan fingerprint density at radius 2 is 1.63 bits per heavy atom. The predicted octanol–water partition coefficient (Wildman–Crippen LogP) is 4.65. The molecule has 4 aliphatic rings. The van der Waals surface area contributed by atoms with Crippen LogP contribution in [0.15, 0.2) is 54.6 Å². The fraction of sp³-hybridized carbons (Fsp3) is 0.435. The first-order valence-corrected chi connectivity index (χ1v) is 9.91. The Morgan fingerprint density at radius 3 is 2.22 bits per heavy atom. The third kappa shape index (κ3) is 2.53. The van der Waals surface area contributed by atoms with Crippen molar-refractivity contribution in [1.29, 1.82) is 0 Å². The molecule has 1 amide bonds. The zero-order chi connectivity index (χ0) is 18.5. The quantitative estimate of drug-likeness (QED) is 0.783. The largest absolute Gasteiger partial charge is 0.326 e. The second-order valence-electron chi connectivity index (χ2n) is 8.83. The number of benzene rings is 2. The Hall–Kier alpha value is -2.20. The normalized spacial score (nSPS) is 29.8. The molecular formula is C23H25FN2O. The average Bonchev–Trinajstić information content (AvgIpc) is 2.57. The Labute approximate surface area is 159 Å². The molecule has 6 rings (SSSR count). The zero-order valence-electron chi connectivity index (χ0n) is 15.4. The minimum absolute atomic E-state index is 0.136. The fourth-order valence-corrected chi connectivity index (χ4v) is 5.68. The van der Waals surface area contributed by atoms with Gasteiger partial charge >= 0.3 is 0 Å². The second kappa shape index (κ2) is 5.90. The van der Waals surface area contributed by atoms with E-state index in [1.807, 2.05) is 6.07 Å². The summed E-state index contributed by atoms with van der Waals surface area (Å²) < 4.78 is 13.1. The molecule has 2 bridgehead atoms. The van der Waals surface area contributed by atoms with Crippen LogP contribution < -0.4 is 10.6 Å². The molecule has 4 aliphatic carbocycles. The van der Waals surface area contributed by atoms with Crippen molar-refractivity contribution in [2.45, 2.75) is 50.6 Å². The van der Waals surface area contributed by atoms with Crippen LogP contribution in [0.5, 0.6) is 0 Å². The predicted molar refractivity (Wildman–Crippen MR) is 104 cm³/mol. The maximum atomic E-state index is 13.1. The topological polar surface area (TPSA) is 41.1 Å². The van der Waals surface area contributed by atoms with E-state index in [0.29, 0.717) is 5.69 Å². The minimum atomic E-state index is -0.280. The van der Waals surface area contributed by atoms with Crippen molar-refractivity contribution in [3.63, 3.8) is 0 Å². The Morgan fingerprint density at radius 1 is 0.963 bits per heavy atom. The lowest BCUT2D eigenvalue weighted by Gasteiger charge is -2.78. The number of carbonyl (C=O) groups is 1. The number of hydrogen-bond acceptors (Lipinski definition) is 2. The molecule has 27 heavy (non-hydrogen) atoms. The highest BCUT2D eigenvalue weighted by molar-refractivity contribution is 5.97. The molecule has 0 heterocycles. The molecular weight excluding hydrogens is 339 g/mol. The van der Waals surface area contributed by atoms with E-state index in [1.54, 1.807) is 12.1 Å². The number of carbonyl (C=O) groups excluding carboxylic acids is 1. The van der Waals surface area contributed by atoms with Crippen LogP contribution in [0.25, 0.3) is 0 Å². The number of rotatable bonds is 6. The first kappa shape index (κ1) is 16.9.